The van der Waals surface area contributed by atoms with Crippen LogP contribution in [0.4, 0.5) is 0 Å². The monoisotopic (exact) mass is 401 g/mol. The number of thiazole rings is 1. The van der Waals surface area contributed by atoms with E-state index < -0.39 is 0 Å². The number of nitrogens with zero attached hydrogens (tertiary/aromatic N) is 3. The lowest BCUT2D eigenvalue weighted by Gasteiger charge is -2.12. The van der Waals surface area contributed by atoms with Crippen molar-refractivity contribution in [3.63, 3.8) is 0 Å². The summed E-state index contributed by atoms with van der Waals surface area (Å²) < 4.78 is 5.92. The van der Waals surface area contributed by atoms with Gasteiger partial charge in [-0.3, -0.25) is 0 Å². The number of aromatic nitrogens is 2. The largest absolute Gasteiger partial charge is 0.474 e. The van der Waals surface area contributed by atoms with E-state index in [9.17, 15) is 0 Å². The van der Waals surface area contributed by atoms with Gasteiger partial charge in [0, 0.05) is 36.7 Å². The number of hydrogen-bond acceptors (Lipinski definition) is 5. The molecule has 1 fully saturated rings. The van der Waals surface area contributed by atoms with E-state index in [-0.39, 0.29) is 0 Å². The molecular weight excluding hydrogens is 370 g/mol. The van der Waals surface area contributed by atoms with Crippen LogP contribution < -0.4 is 15.4 Å². The second-order valence-electron chi connectivity index (χ2n) is 7.15. The lowest BCUT2D eigenvalue weighted by Crippen LogP contribution is -2.38. The highest BCUT2D eigenvalue weighted by molar-refractivity contribution is 7.11. The Labute approximate surface area is 171 Å². The molecule has 1 aliphatic carbocycles. The van der Waals surface area contributed by atoms with Gasteiger partial charge in [-0.05, 0) is 52.0 Å². The molecule has 0 bridgehead atoms. The van der Waals surface area contributed by atoms with Crippen molar-refractivity contribution >= 4 is 17.3 Å². The first kappa shape index (κ1) is 20.6. The van der Waals surface area contributed by atoms with Gasteiger partial charge in [0.1, 0.15) is 6.10 Å². The second kappa shape index (κ2) is 10.4. The summed E-state index contributed by atoms with van der Waals surface area (Å²) in [7, 11) is 0. The summed E-state index contributed by atoms with van der Waals surface area (Å²) in [6.07, 6.45) is 7.92. The van der Waals surface area contributed by atoms with Crippen molar-refractivity contribution in [2.75, 3.05) is 13.1 Å². The molecule has 0 spiro atoms. The number of aryl methyl sites for hydroxylation is 2. The minimum absolute atomic E-state index is 0.339. The average Bonchev–Trinajstić information content (AvgIpc) is 3.31. The molecule has 0 unspecified atom stereocenters. The second-order valence-corrected chi connectivity index (χ2v) is 8.44. The van der Waals surface area contributed by atoms with Crippen molar-refractivity contribution in [1.82, 2.24) is 20.6 Å². The first-order valence-electron chi connectivity index (χ1n) is 10.2. The van der Waals surface area contributed by atoms with Gasteiger partial charge in [-0.25, -0.2) is 15.0 Å². The van der Waals surface area contributed by atoms with Crippen LogP contribution in [0.2, 0.25) is 0 Å². The quantitative estimate of drug-likeness (QED) is 0.520. The molecule has 2 N–H and O–H groups in total. The number of pyridine rings is 1. The topological polar surface area (TPSA) is 71.4 Å². The van der Waals surface area contributed by atoms with Crippen LogP contribution in [0.5, 0.6) is 5.88 Å². The normalized spacial score (nSPS) is 15.0. The first-order chi connectivity index (χ1) is 13.6. The van der Waals surface area contributed by atoms with E-state index in [1.165, 1.54) is 22.7 Å². The molecule has 0 aliphatic heterocycles. The highest BCUT2D eigenvalue weighted by atomic mass is 32.1. The number of rotatable bonds is 8. The zero-order valence-corrected chi connectivity index (χ0v) is 17.9. The fourth-order valence-electron chi connectivity index (χ4n) is 3.20. The Morgan fingerprint density at radius 2 is 2.07 bits per heavy atom. The Balaban J connectivity index is 1.48. The van der Waals surface area contributed by atoms with Gasteiger partial charge < -0.3 is 15.4 Å². The van der Waals surface area contributed by atoms with Gasteiger partial charge in [0.25, 0.3) is 0 Å². The molecule has 28 heavy (non-hydrogen) atoms. The highest BCUT2D eigenvalue weighted by Gasteiger charge is 2.16. The van der Waals surface area contributed by atoms with Gasteiger partial charge in [0.2, 0.25) is 5.88 Å². The van der Waals surface area contributed by atoms with E-state index in [2.05, 4.69) is 46.4 Å². The van der Waals surface area contributed by atoms with Gasteiger partial charge in [-0.2, -0.15) is 0 Å². The number of aliphatic imine (C=N–C) groups is 1. The molecule has 0 radical (unpaired) electrons. The van der Waals surface area contributed by atoms with E-state index >= 15 is 0 Å². The van der Waals surface area contributed by atoms with Gasteiger partial charge >= 0.3 is 0 Å². The zero-order chi connectivity index (χ0) is 19.8. The maximum absolute atomic E-state index is 5.92. The van der Waals surface area contributed by atoms with Crippen LogP contribution in [0.3, 0.4) is 0 Å². The molecule has 7 heteroatoms. The minimum Gasteiger partial charge on any atom is -0.474 e. The third-order valence-electron chi connectivity index (χ3n) is 4.86. The van der Waals surface area contributed by atoms with E-state index in [1.807, 2.05) is 18.3 Å². The summed E-state index contributed by atoms with van der Waals surface area (Å²) in [5.74, 6) is 1.54. The molecule has 2 heterocycles. The molecule has 0 amide bonds. The molecule has 0 aromatic carbocycles. The lowest BCUT2D eigenvalue weighted by molar-refractivity contribution is 0.201. The average molecular weight is 402 g/mol. The minimum atomic E-state index is 0.339. The Bertz CT molecular complexity index is 746. The SMILES string of the molecule is CCNC(=NCc1ccc(OC2CCCC2)nc1)NCCc1nc(C)c(C)s1. The smallest absolute Gasteiger partial charge is 0.213 e. The molecule has 1 aliphatic rings. The Morgan fingerprint density at radius 1 is 1.25 bits per heavy atom. The van der Waals surface area contributed by atoms with E-state index in [0.29, 0.717) is 12.6 Å². The fraction of sp³-hybridized carbons (Fsp3) is 0.571. The summed E-state index contributed by atoms with van der Waals surface area (Å²) in [4.78, 5) is 15.0. The van der Waals surface area contributed by atoms with Gasteiger partial charge in [0.15, 0.2) is 5.96 Å². The summed E-state index contributed by atoms with van der Waals surface area (Å²) >= 11 is 1.77. The van der Waals surface area contributed by atoms with Crippen molar-refractivity contribution in [2.45, 2.75) is 65.5 Å². The molecule has 0 atom stereocenters. The molecule has 152 valence electrons. The number of hydrogen-bond donors (Lipinski definition) is 2. The van der Waals surface area contributed by atoms with Crippen molar-refractivity contribution < 1.29 is 4.74 Å². The molecule has 3 rings (SSSR count). The van der Waals surface area contributed by atoms with Crippen LogP contribution in [0.1, 0.15) is 53.7 Å². The molecule has 0 saturated heterocycles. The van der Waals surface area contributed by atoms with E-state index in [1.54, 1.807) is 11.3 Å². The molecule has 6 nitrogen and oxygen atoms in total. The van der Waals surface area contributed by atoms with E-state index in [0.717, 1.165) is 55.4 Å². The van der Waals surface area contributed by atoms with Gasteiger partial charge in [0.05, 0.1) is 17.2 Å². The van der Waals surface area contributed by atoms with Crippen LogP contribution in [0, 0.1) is 13.8 Å². The predicted octanol–water partition coefficient (Wildman–Crippen LogP) is 3.77. The summed E-state index contributed by atoms with van der Waals surface area (Å²) in [6.45, 7) is 8.47. The number of nitrogens with one attached hydrogen (secondary N) is 2. The predicted molar refractivity (Wildman–Crippen MR) is 115 cm³/mol. The molecule has 2 aromatic heterocycles. The molecule has 1 saturated carbocycles. The third-order valence-corrected chi connectivity index (χ3v) is 5.99. The van der Waals surface area contributed by atoms with Crippen LogP contribution in [-0.4, -0.2) is 35.1 Å². The summed E-state index contributed by atoms with van der Waals surface area (Å²) in [5, 5.41) is 7.85. The van der Waals surface area contributed by atoms with Crippen molar-refractivity contribution in [1.29, 1.82) is 0 Å². The fourth-order valence-corrected chi connectivity index (χ4v) is 4.13. The van der Waals surface area contributed by atoms with Crippen LogP contribution >= 0.6 is 11.3 Å². The van der Waals surface area contributed by atoms with Crippen molar-refractivity contribution in [3.8, 4) is 5.88 Å². The van der Waals surface area contributed by atoms with Crippen LogP contribution in [0.25, 0.3) is 0 Å². The number of guanidine groups is 1. The van der Waals surface area contributed by atoms with Crippen LogP contribution in [0.15, 0.2) is 23.3 Å². The maximum Gasteiger partial charge on any atom is 0.213 e. The van der Waals surface area contributed by atoms with E-state index in [4.69, 9.17) is 4.74 Å². The lowest BCUT2D eigenvalue weighted by atomic mass is 10.3. The standard InChI is InChI=1S/C21H31N5OS/c1-4-22-21(23-12-11-20-26-15(2)16(3)28-20)25-14-17-9-10-19(24-13-17)27-18-7-5-6-8-18/h9-10,13,18H,4-8,11-12,14H2,1-3H3,(H2,22,23,25). The Hall–Kier alpha value is -2.15. The molecule has 2 aromatic rings. The Morgan fingerprint density at radius 3 is 2.71 bits per heavy atom. The summed E-state index contributed by atoms with van der Waals surface area (Å²) in [6, 6.07) is 4.00. The highest BCUT2D eigenvalue weighted by Crippen LogP contribution is 2.23. The van der Waals surface area contributed by atoms with Gasteiger partial charge in [-0.1, -0.05) is 6.07 Å². The third kappa shape index (κ3) is 6.19. The van der Waals surface area contributed by atoms with Crippen molar-refractivity contribution in [2.24, 2.45) is 4.99 Å². The van der Waals surface area contributed by atoms with Crippen LogP contribution in [-0.2, 0) is 13.0 Å². The summed E-state index contributed by atoms with van der Waals surface area (Å²) in [5.41, 5.74) is 2.20. The molecular formula is C21H31N5OS. The number of ether oxygens (including phenoxy) is 1. The van der Waals surface area contributed by atoms with Gasteiger partial charge in [-0.15, -0.1) is 11.3 Å². The first-order valence-corrected chi connectivity index (χ1v) is 11.0. The Kier molecular flexibility index (Phi) is 7.65. The zero-order valence-electron chi connectivity index (χ0n) is 17.1. The van der Waals surface area contributed by atoms with Crippen molar-refractivity contribution in [3.05, 3.63) is 39.5 Å². The maximum atomic E-state index is 5.92.